The van der Waals surface area contributed by atoms with Crippen molar-refractivity contribution in [1.82, 2.24) is 9.78 Å². The van der Waals surface area contributed by atoms with Gasteiger partial charge in [0.2, 0.25) is 0 Å². The summed E-state index contributed by atoms with van der Waals surface area (Å²) >= 11 is 12.6. The van der Waals surface area contributed by atoms with E-state index < -0.39 is 5.91 Å². The molecule has 3 rings (SSSR count). The summed E-state index contributed by atoms with van der Waals surface area (Å²) in [5.41, 5.74) is 5.37. The zero-order valence-electron chi connectivity index (χ0n) is 17.0. The first-order valence-electron chi connectivity index (χ1n) is 9.23. The summed E-state index contributed by atoms with van der Waals surface area (Å²) in [5, 5.41) is 17.7. The Morgan fingerprint density at radius 3 is 2.40 bits per heavy atom. The van der Waals surface area contributed by atoms with E-state index >= 15 is 0 Å². The fourth-order valence-corrected chi connectivity index (χ4v) is 3.82. The second kappa shape index (κ2) is 8.74. The van der Waals surface area contributed by atoms with Gasteiger partial charge in [-0.25, -0.2) is 4.68 Å². The third kappa shape index (κ3) is 4.40. The van der Waals surface area contributed by atoms with Crippen LogP contribution in [-0.2, 0) is 4.79 Å². The highest BCUT2D eigenvalue weighted by Gasteiger charge is 2.18. The molecule has 0 aliphatic heterocycles. The van der Waals surface area contributed by atoms with Crippen LogP contribution in [0.2, 0.25) is 10.2 Å². The number of nitriles is 1. The fourth-order valence-electron chi connectivity index (χ4n) is 3.31. The Kier molecular flexibility index (Phi) is 6.31. The lowest BCUT2D eigenvalue weighted by Gasteiger charge is -2.12. The van der Waals surface area contributed by atoms with Gasteiger partial charge in [0.05, 0.1) is 11.4 Å². The number of hydrogen-bond acceptors (Lipinski definition) is 3. The van der Waals surface area contributed by atoms with Gasteiger partial charge in [-0.05, 0) is 63.1 Å². The molecule has 0 saturated carbocycles. The number of nitrogens with zero attached hydrogens (tertiary/aromatic N) is 3. The number of rotatable bonds is 4. The van der Waals surface area contributed by atoms with E-state index in [-0.39, 0.29) is 10.7 Å². The molecule has 0 aliphatic rings. The Hall–Kier alpha value is -3.07. The minimum absolute atomic E-state index is 0.0648. The predicted molar refractivity (Wildman–Crippen MR) is 121 cm³/mol. The summed E-state index contributed by atoms with van der Waals surface area (Å²) in [6.07, 6.45) is 1.46. The molecule has 3 aromatic rings. The number of aromatic nitrogens is 2. The Morgan fingerprint density at radius 1 is 1.13 bits per heavy atom. The van der Waals surface area contributed by atoms with Gasteiger partial charge in [-0.3, -0.25) is 4.79 Å². The summed E-state index contributed by atoms with van der Waals surface area (Å²) in [7, 11) is 0. The van der Waals surface area contributed by atoms with Crippen LogP contribution in [0.4, 0.5) is 5.69 Å². The summed E-state index contributed by atoms with van der Waals surface area (Å²) in [6.45, 7) is 7.59. The van der Waals surface area contributed by atoms with Crippen molar-refractivity contribution >= 4 is 40.9 Å². The zero-order chi connectivity index (χ0) is 22.0. The largest absolute Gasteiger partial charge is 0.321 e. The number of benzene rings is 2. The van der Waals surface area contributed by atoms with Crippen LogP contribution in [0.5, 0.6) is 0 Å². The van der Waals surface area contributed by atoms with Crippen LogP contribution < -0.4 is 5.32 Å². The van der Waals surface area contributed by atoms with Crippen molar-refractivity contribution in [2.45, 2.75) is 27.7 Å². The van der Waals surface area contributed by atoms with Crippen molar-refractivity contribution in [1.29, 1.82) is 5.26 Å². The minimum Gasteiger partial charge on any atom is -0.321 e. The van der Waals surface area contributed by atoms with E-state index in [1.54, 1.807) is 25.1 Å². The number of amides is 1. The summed E-state index contributed by atoms with van der Waals surface area (Å²) < 4.78 is 1.52. The van der Waals surface area contributed by atoms with E-state index in [1.165, 1.54) is 10.8 Å². The maximum absolute atomic E-state index is 12.8. The lowest BCUT2D eigenvalue weighted by atomic mass is 10.0. The molecule has 0 aliphatic carbocycles. The van der Waals surface area contributed by atoms with Gasteiger partial charge in [0, 0.05) is 16.3 Å². The van der Waals surface area contributed by atoms with E-state index in [0.717, 1.165) is 16.7 Å². The zero-order valence-corrected chi connectivity index (χ0v) is 18.6. The Balaban J connectivity index is 1.97. The number of hydrogen-bond donors (Lipinski definition) is 1. The highest BCUT2D eigenvalue weighted by Crippen LogP contribution is 2.28. The highest BCUT2D eigenvalue weighted by molar-refractivity contribution is 6.32. The van der Waals surface area contributed by atoms with Crippen molar-refractivity contribution in [3.8, 4) is 11.8 Å². The molecule has 30 heavy (non-hydrogen) atoms. The SMILES string of the molecule is Cc1cc(C)c(NC(=O)C(C#N)=Cc2c(C)nn(-c3cccc(Cl)c3)c2Cl)c(C)c1. The highest BCUT2D eigenvalue weighted by atomic mass is 35.5. The van der Waals surface area contributed by atoms with Crippen molar-refractivity contribution in [2.24, 2.45) is 0 Å². The molecule has 1 amide bonds. The quantitative estimate of drug-likeness (QED) is 0.403. The lowest BCUT2D eigenvalue weighted by Crippen LogP contribution is -2.15. The van der Waals surface area contributed by atoms with Crippen LogP contribution in [0.1, 0.15) is 27.9 Å². The summed E-state index contributed by atoms with van der Waals surface area (Å²) in [6, 6.07) is 13.0. The molecular weight excluding hydrogens is 419 g/mol. The third-order valence-electron chi connectivity index (χ3n) is 4.67. The third-order valence-corrected chi connectivity index (χ3v) is 5.27. The van der Waals surface area contributed by atoms with Crippen LogP contribution >= 0.6 is 23.2 Å². The Bertz CT molecular complexity index is 1200. The molecule has 1 N–H and O–H groups in total. The molecular formula is C23H20Cl2N4O. The number of nitrogens with one attached hydrogen (secondary N) is 1. The number of anilines is 1. The second-order valence-corrected chi connectivity index (χ2v) is 7.87. The van der Waals surface area contributed by atoms with Crippen molar-refractivity contribution < 1.29 is 4.79 Å². The fraction of sp³-hybridized carbons (Fsp3) is 0.174. The van der Waals surface area contributed by atoms with E-state index in [1.807, 2.05) is 45.0 Å². The lowest BCUT2D eigenvalue weighted by molar-refractivity contribution is -0.112. The van der Waals surface area contributed by atoms with Crippen LogP contribution in [0, 0.1) is 39.0 Å². The van der Waals surface area contributed by atoms with Crippen molar-refractivity contribution in [3.05, 3.63) is 80.1 Å². The van der Waals surface area contributed by atoms with Gasteiger partial charge in [0.15, 0.2) is 0 Å². The topological polar surface area (TPSA) is 70.7 Å². The first kappa shape index (κ1) is 21.6. The van der Waals surface area contributed by atoms with Gasteiger partial charge < -0.3 is 5.32 Å². The molecule has 0 bridgehead atoms. The molecule has 0 saturated heterocycles. The number of halogens is 2. The van der Waals surface area contributed by atoms with Gasteiger partial charge in [-0.15, -0.1) is 0 Å². The smallest absolute Gasteiger partial charge is 0.266 e. The van der Waals surface area contributed by atoms with Crippen LogP contribution in [-0.4, -0.2) is 15.7 Å². The molecule has 1 heterocycles. The monoisotopic (exact) mass is 438 g/mol. The summed E-state index contributed by atoms with van der Waals surface area (Å²) in [5.74, 6) is -0.501. The van der Waals surface area contributed by atoms with Crippen LogP contribution in [0.25, 0.3) is 11.8 Å². The maximum atomic E-state index is 12.8. The molecule has 0 spiro atoms. The van der Waals surface area contributed by atoms with E-state index in [0.29, 0.717) is 27.7 Å². The summed E-state index contributed by atoms with van der Waals surface area (Å²) in [4.78, 5) is 12.8. The van der Waals surface area contributed by atoms with Gasteiger partial charge in [-0.2, -0.15) is 10.4 Å². The molecule has 0 unspecified atom stereocenters. The van der Waals surface area contributed by atoms with E-state index in [9.17, 15) is 10.1 Å². The molecule has 0 fully saturated rings. The Labute approximate surface area is 185 Å². The second-order valence-electron chi connectivity index (χ2n) is 7.08. The van der Waals surface area contributed by atoms with Gasteiger partial charge in [0.25, 0.3) is 5.91 Å². The van der Waals surface area contributed by atoms with Gasteiger partial charge in [-0.1, -0.05) is 47.0 Å². The minimum atomic E-state index is -0.501. The molecule has 1 aromatic heterocycles. The molecule has 0 atom stereocenters. The first-order chi connectivity index (χ1) is 14.2. The molecule has 0 radical (unpaired) electrons. The van der Waals surface area contributed by atoms with Crippen molar-refractivity contribution in [3.63, 3.8) is 0 Å². The van der Waals surface area contributed by atoms with Crippen LogP contribution in [0.3, 0.4) is 0 Å². The Morgan fingerprint density at radius 2 is 1.80 bits per heavy atom. The number of aryl methyl sites for hydroxylation is 4. The molecule has 7 heteroatoms. The average Bonchev–Trinajstić information content (AvgIpc) is 2.96. The average molecular weight is 439 g/mol. The first-order valence-corrected chi connectivity index (χ1v) is 9.99. The van der Waals surface area contributed by atoms with Gasteiger partial charge in [0.1, 0.15) is 16.8 Å². The maximum Gasteiger partial charge on any atom is 0.266 e. The molecule has 5 nitrogen and oxygen atoms in total. The van der Waals surface area contributed by atoms with Crippen molar-refractivity contribution in [2.75, 3.05) is 5.32 Å². The predicted octanol–water partition coefficient (Wildman–Crippen LogP) is 5.96. The molecule has 2 aromatic carbocycles. The normalized spacial score (nSPS) is 11.3. The number of carbonyl (C=O) groups excluding carboxylic acids is 1. The van der Waals surface area contributed by atoms with Gasteiger partial charge >= 0.3 is 0 Å². The van der Waals surface area contributed by atoms with E-state index in [2.05, 4.69) is 10.4 Å². The standard InChI is InChI=1S/C23H20Cl2N4O/c1-13-8-14(2)21(15(3)9-13)27-23(30)17(12-26)10-20-16(4)28-29(22(20)25)19-7-5-6-18(24)11-19/h5-11H,1-4H3,(H,27,30). The molecule has 152 valence electrons. The van der Waals surface area contributed by atoms with Crippen LogP contribution in [0.15, 0.2) is 42.0 Å². The number of carbonyl (C=O) groups is 1. The van der Waals surface area contributed by atoms with E-state index in [4.69, 9.17) is 23.2 Å².